The maximum absolute atomic E-state index is 11.1. The predicted octanol–water partition coefficient (Wildman–Crippen LogP) is 7.44. The summed E-state index contributed by atoms with van der Waals surface area (Å²) in [6.45, 7) is 21.7. The molecule has 230 valence electrons. The molecule has 5 rings (SSSR count). The predicted molar refractivity (Wildman–Crippen MR) is 175 cm³/mol. The van der Waals surface area contributed by atoms with Gasteiger partial charge in [-0.15, -0.1) is 0 Å². The van der Waals surface area contributed by atoms with Crippen LogP contribution in [-0.2, 0) is 16.3 Å². The van der Waals surface area contributed by atoms with Gasteiger partial charge in [0.25, 0.3) is 0 Å². The highest BCUT2D eigenvalue weighted by Crippen LogP contribution is 2.35. The molecule has 1 aromatic carbocycles. The number of anilines is 1. The van der Waals surface area contributed by atoms with Crippen LogP contribution in [0.5, 0.6) is 0 Å². The Morgan fingerprint density at radius 3 is 1.97 bits per heavy atom. The highest BCUT2D eigenvalue weighted by Gasteiger charge is 2.38. The summed E-state index contributed by atoms with van der Waals surface area (Å²) in [7, 11) is -2.68. The molecule has 3 fully saturated rings. The van der Waals surface area contributed by atoms with Crippen molar-refractivity contribution in [1.82, 2.24) is 10.2 Å². The molecular formula is C33H65N3O2S. The first kappa shape index (κ1) is 37.9. The highest BCUT2D eigenvalue weighted by atomic mass is 32.2. The molecule has 3 saturated heterocycles. The smallest absolute Gasteiger partial charge is 0.150 e. The maximum atomic E-state index is 11.1. The van der Waals surface area contributed by atoms with Gasteiger partial charge < -0.3 is 10.2 Å². The van der Waals surface area contributed by atoms with Gasteiger partial charge in [0.05, 0.1) is 11.5 Å². The molecule has 4 aliphatic rings. The van der Waals surface area contributed by atoms with Crippen molar-refractivity contribution < 1.29 is 8.42 Å². The van der Waals surface area contributed by atoms with Crippen LogP contribution in [0.1, 0.15) is 109 Å². The normalized spacial score (nSPS) is 24.1. The van der Waals surface area contributed by atoms with Crippen molar-refractivity contribution in [1.29, 1.82) is 0 Å². The second kappa shape index (κ2) is 15.2. The number of hydrogen-bond donors (Lipinski definition) is 1. The molecule has 5 nitrogen and oxygen atoms in total. The Labute approximate surface area is 244 Å². The fourth-order valence-electron chi connectivity index (χ4n) is 6.21. The summed E-state index contributed by atoms with van der Waals surface area (Å²) in [4.78, 5) is 5.13. The maximum Gasteiger partial charge on any atom is 0.150 e. The fourth-order valence-corrected chi connectivity index (χ4v) is 7.70. The molecule has 1 aromatic rings. The highest BCUT2D eigenvalue weighted by molar-refractivity contribution is 7.91. The molecular weight excluding hydrogens is 502 g/mol. The summed E-state index contributed by atoms with van der Waals surface area (Å²) in [5, 5.41) is 3.50. The van der Waals surface area contributed by atoms with Crippen LogP contribution in [0.4, 0.5) is 5.69 Å². The average Bonchev–Trinajstić information content (AvgIpc) is 3.42. The third kappa shape index (κ3) is 10.7. The molecule has 0 spiro atoms. The van der Waals surface area contributed by atoms with E-state index in [1.54, 1.807) is 0 Å². The minimum atomic E-state index is -2.68. The second-order valence-electron chi connectivity index (χ2n) is 13.6. The van der Waals surface area contributed by atoms with E-state index in [-0.39, 0.29) is 33.2 Å². The summed E-state index contributed by atoms with van der Waals surface area (Å²) < 4.78 is 22.2. The zero-order valence-corrected chi connectivity index (χ0v) is 25.1. The van der Waals surface area contributed by atoms with Gasteiger partial charge >= 0.3 is 0 Å². The summed E-state index contributed by atoms with van der Waals surface area (Å²) in [5.74, 6) is 1.38. The molecule has 0 saturated carbocycles. The van der Waals surface area contributed by atoms with E-state index in [2.05, 4.69) is 94.8 Å². The van der Waals surface area contributed by atoms with Crippen LogP contribution in [0.2, 0.25) is 0 Å². The first-order valence-electron chi connectivity index (χ1n) is 14.2. The molecule has 39 heavy (non-hydrogen) atoms. The number of rotatable bonds is 1. The summed E-state index contributed by atoms with van der Waals surface area (Å²) in [5.41, 5.74) is 3.46. The topological polar surface area (TPSA) is 52.7 Å². The molecule has 0 amide bonds. The molecule has 1 N–H and O–H groups in total. The van der Waals surface area contributed by atoms with Gasteiger partial charge in [-0.2, -0.15) is 0 Å². The van der Waals surface area contributed by atoms with E-state index in [0.717, 1.165) is 31.0 Å². The number of benzene rings is 1. The van der Waals surface area contributed by atoms with Crippen molar-refractivity contribution in [2.24, 2.45) is 11.3 Å². The van der Waals surface area contributed by atoms with Crippen molar-refractivity contribution in [3.05, 3.63) is 29.8 Å². The number of sulfone groups is 1. The van der Waals surface area contributed by atoms with E-state index in [4.69, 9.17) is 0 Å². The lowest BCUT2D eigenvalue weighted by atomic mass is 9.77. The Kier molecular flexibility index (Phi) is 14.8. The van der Waals surface area contributed by atoms with Crippen LogP contribution in [0.25, 0.3) is 0 Å². The van der Waals surface area contributed by atoms with Gasteiger partial charge in [0, 0.05) is 49.0 Å². The Morgan fingerprint density at radius 2 is 1.54 bits per heavy atom. The van der Waals surface area contributed by atoms with Gasteiger partial charge in [-0.05, 0) is 89.7 Å². The fraction of sp³-hybridized carbons (Fsp3) is 0.818. The van der Waals surface area contributed by atoms with Gasteiger partial charge in [0.15, 0.2) is 0 Å². The standard InChI is InChI=1S/C13H19N.C9H18O2S.C8H16N2.3CH4/c1-13(2,3)14-10-6-8-11-7-4-5-9-12(11)14;1-9(2,3)8-4-6-12(10,11)7-5-8;1-6(2)10-5-7-3-8(10)4-9-7;;;/h4-5,7,9H,6,8,10H2,1-3H3;8H,4-7H2,1-3H3;6-9H,3-5H2,1-2H3;3*1H4/t;;7-,8-;;;/m..1.../s1. The van der Waals surface area contributed by atoms with Crippen molar-refractivity contribution in [3.63, 3.8) is 0 Å². The van der Waals surface area contributed by atoms with Crippen LogP contribution in [0.3, 0.4) is 0 Å². The molecule has 4 heterocycles. The molecule has 4 aliphatic heterocycles. The van der Waals surface area contributed by atoms with E-state index in [1.807, 2.05) is 0 Å². The van der Waals surface area contributed by atoms with Crippen molar-refractivity contribution in [2.75, 3.05) is 36.0 Å². The van der Waals surface area contributed by atoms with Gasteiger partial charge in [0.1, 0.15) is 9.84 Å². The average molecular weight is 568 g/mol. The lowest BCUT2D eigenvalue weighted by Gasteiger charge is -2.41. The monoisotopic (exact) mass is 567 g/mol. The Bertz CT molecular complexity index is 932. The van der Waals surface area contributed by atoms with E-state index in [9.17, 15) is 8.42 Å². The summed E-state index contributed by atoms with van der Waals surface area (Å²) in [6, 6.07) is 11.2. The van der Waals surface area contributed by atoms with E-state index < -0.39 is 9.84 Å². The largest absolute Gasteiger partial charge is 0.366 e. The number of nitrogens with zero attached hydrogens (tertiary/aromatic N) is 2. The lowest BCUT2D eigenvalue weighted by Crippen LogP contribution is -2.46. The van der Waals surface area contributed by atoms with Crippen LogP contribution in [0.15, 0.2) is 24.3 Å². The number of para-hydroxylation sites is 1. The minimum absolute atomic E-state index is 0. The van der Waals surface area contributed by atoms with E-state index >= 15 is 0 Å². The number of nitrogens with one attached hydrogen (secondary N) is 1. The number of fused-ring (bicyclic) bond motifs is 3. The van der Waals surface area contributed by atoms with E-state index in [1.165, 1.54) is 50.1 Å². The number of piperazine rings is 1. The molecule has 6 heteroatoms. The first-order valence-corrected chi connectivity index (χ1v) is 16.0. The number of aryl methyl sites for hydroxylation is 1. The van der Waals surface area contributed by atoms with Crippen LogP contribution in [-0.4, -0.2) is 68.1 Å². The molecule has 0 radical (unpaired) electrons. The molecule has 0 aliphatic carbocycles. The Balaban J connectivity index is 0.000000541. The van der Waals surface area contributed by atoms with Crippen molar-refractivity contribution in [3.8, 4) is 0 Å². The number of likely N-dealkylation sites (tertiary alicyclic amines) is 1. The SMILES string of the molecule is C.C.C.CC(C)(C)C1CCS(=O)(=O)CC1.CC(C)(C)N1CCCc2ccccc21.CC(C)N1C[C@H]2C[C@@H]1CN2. The van der Waals surface area contributed by atoms with Crippen LogP contribution < -0.4 is 10.2 Å². The summed E-state index contributed by atoms with van der Waals surface area (Å²) in [6.07, 6.45) is 5.62. The van der Waals surface area contributed by atoms with Crippen LogP contribution in [0, 0.1) is 11.3 Å². The zero-order valence-electron chi connectivity index (χ0n) is 24.3. The van der Waals surface area contributed by atoms with E-state index in [0.29, 0.717) is 17.4 Å². The van der Waals surface area contributed by atoms with Gasteiger partial charge in [-0.3, -0.25) is 4.90 Å². The third-order valence-corrected chi connectivity index (χ3v) is 10.2. The second-order valence-corrected chi connectivity index (χ2v) is 15.9. The molecule has 0 unspecified atom stereocenters. The van der Waals surface area contributed by atoms with Crippen molar-refractivity contribution >= 4 is 15.5 Å². The Morgan fingerprint density at radius 1 is 0.949 bits per heavy atom. The number of hydrogen-bond acceptors (Lipinski definition) is 5. The molecule has 0 aromatic heterocycles. The zero-order chi connectivity index (χ0) is 26.7. The first-order chi connectivity index (χ1) is 16.7. The summed E-state index contributed by atoms with van der Waals surface area (Å²) >= 11 is 0. The third-order valence-electron chi connectivity index (χ3n) is 8.46. The van der Waals surface area contributed by atoms with Crippen LogP contribution >= 0.6 is 0 Å². The molecule has 2 atom stereocenters. The Hall–Kier alpha value is -1.11. The minimum Gasteiger partial charge on any atom is -0.366 e. The van der Waals surface area contributed by atoms with Gasteiger partial charge in [-0.25, -0.2) is 8.42 Å². The quantitative estimate of drug-likeness (QED) is 0.382. The lowest BCUT2D eigenvalue weighted by molar-refractivity contribution is 0.181. The van der Waals surface area contributed by atoms with Gasteiger partial charge in [0.2, 0.25) is 0 Å². The van der Waals surface area contributed by atoms with Crippen molar-refractivity contribution in [2.45, 2.75) is 133 Å². The molecule has 2 bridgehead atoms. The van der Waals surface area contributed by atoms with Gasteiger partial charge in [-0.1, -0.05) is 61.3 Å².